The molecular weight excluding hydrogens is 311 g/mol. The van der Waals surface area contributed by atoms with Gasteiger partial charge in [0.1, 0.15) is 5.82 Å². The minimum atomic E-state index is -0.343. The fourth-order valence-corrected chi connectivity index (χ4v) is 2.79. The summed E-state index contributed by atoms with van der Waals surface area (Å²) < 4.78 is 20.9. The molecule has 130 valence electrons. The lowest BCUT2D eigenvalue weighted by atomic mass is 10.2. The van der Waals surface area contributed by atoms with Crippen molar-refractivity contribution in [3.63, 3.8) is 0 Å². The van der Waals surface area contributed by atoms with E-state index < -0.39 is 0 Å². The number of aliphatic hydroxyl groups excluding tert-OH is 1. The number of rotatable bonds is 7. The van der Waals surface area contributed by atoms with Crippen molar-refractivity contribution < 1.29 is 19.0 Å². The molecule has 0 saturated carbocycles. The predicted molar refractivity (Wildman–Crippen MR) is 90.1 cm³/mol. The lowest BCUT2D eigenvalue weighted by Crippen LogP contribution is -2.36. The highest BCUT2D eigenvalue weighted by Gasteiger charge is 2.22. The first kappa shape index (κ1) is 18.2. The molecule has 2 aromatic rings. The molecule has 0 atom stereocenters. The maximum atomic E-state index is 14.1. The SMILES string of the molecule is COCCN(CCO)C(=O)c1cc(C)n(-c2ccccc2F)c1C. The van der Waals surface area contributed by atoms with Crippen LogP contribution in [0.25, 0.3) is 5.69 Å². The van der Waals surface area contributed by atoms with Gasteiger partial charge in [-0.15, -0.1) is 0 Å². The summed E-state index contributed by atoms with van der Waals surface area (Å²) in [5.74, 6) is -0.540. The summed E-state index contributed by atoms with van der Waals surface area (Å²) in [6.07, 6.45) is 0. The number of aryl methyl sites for hydroxylation is 1. The standard InChI is InChI=1S/C18H23FN2O3/c1-13-12-15(18(23)20(8-10-22)9-11-24-3)14(2)21(13)17-7-5-4-6-16(17)19/h4-7,12,22H,8-11H2,1-3H3. The highest BCUT2D eigenvalue weighted by Crippen LogP contribution is 2.23. The van der Waals surface area contributed by atoms with Crippen LogP contribution in [0.5, 0.6) is 0 Å². The van der Waals surface area contributed by atoms with Crippen LogP contribution in [0.15, 0.2) is 30.3 Å². The van der Waals surface area contributed by atoms with Gasteiger partial charge in [0, 0.05) is 31.6 Å². The second kappa shape index (κ2) is 8.08. The Balaban J connectivity index is 2.40. The lowest BCUT2D eigenvalue weighted by molar-refractivity contribution is 0.0656. The normalized spacial score (nSPS) is 10.9. The third kappa shape index (κ3) is 3.66. The predicted octanol–water partition coefficient (Wildman–Crippen LogP) is 2.31. The third-order valence-electron chi connectivity index (χ3n) is 3.98. The Morgan fingerprint density at radius 3 is 2.62 bits per heavy atom. The van der Waals surface area contributed by atoms with E-state index in [4.69, 9.17) is 4.74 Å². The average molecular weight is 334 g/mol. The van der Waals surface area contributed by atoms with Crippen molar-refractivity contribution in [1.82, 2.24) is 9.47 Å². The topological polar surface area (TPSA) is 54.7 Å². The first-order valence-corrected chi connectivity index (χ1v) is 7.84. The maximum absolute atomic E-state index is 14.1. The average Bonchev–Trinajstić information content (AvgIpc) is 2.86. The van der Waals surface area contributed by atoms with E-state index in [1.807, 2.05) is 6.92 Å². The number of nitrogens with zero attached hydrogens (tertiary/aromatic N) is 2. The first-order chi connectivity index (χ1) is 11.5. The van der Waals surface area contributed by atoms with Crippen LogP contribution in [0.2, 0.25) is 0 Å². The zero-order valence-electron chi connectivity index (χ0n) is 14.3. The van der Waals surface area contributed by atoms with Gasteiger partial charge in [0.2, 0.25) is 0 Å². The fraction of sp³-hybridized carbons (Fsp3) is 0.389. The molecule has 0 aliphatic carbocycles. The zero-order valence-corrected chi connectivity index (χ0v) is 14.3. The van der Waals surface area contributed by atoms with Gasteiger partial charge in [0.15, 0.2) is 0 Å². The number of hydrogen-bond acceptors (Lipinski definition) is 3. The Morgan fingerprint density at radius 1 is 1.29 bits per heavy atom. The van der Waals surface area contributed by atoms with Gasteiger partial charge in [-0.05, 0) is 32.0 Å². The van der Waals surface area contributed by atoms with Crippen molar-refractivity contribution >= 4 is 5.91 Å². The van der Waals surface area contributed by atoms with E-state index >= 15 is 0 Å². The van der Waals surface area contributed by atoms with E-state index in [1.165, 1.54) is 11.0 Å². The van der Waals surface area contributed by atoms with Crippen LogP contribution in [-0.2, 0) is 4.74 Å². The summed E-state index contributed by atoms with van der Waals surface area (Å²) in [7, 11) is 1.56. The van der Waals surface area contributed by atoms with Crippen LogP contribution >= 0.6 is 0 Å². The highest BCUT2D eigenvalue weighted by molar-refractivity contribution is 5.96. The Labute approximate surface area is 141 Å². The number of hydrogen-bond donors (Lipinski definition) is 1. The molecule has 0 fully saturated rings. The number of carbonyl (C=O) groups is 1. The minimum absolute atomic E-state index is 0.124. The van der Waals surface area contributed by atoms with E-state index in [9.17, 15) is 14.3 Å². The van der Waals surface area contributed by atoms with Crippen LogP contribution in [-0.4, -0.2) is 53.9 Å². The molecule has 1 heterocycles. The number of aliphatic hydroxyl groups is 1. The summed E-state index contributed by atoms with van der Waals surface area (Å²) >= 11 is 0. The van der Waals surface area contributed by atoms with E-state index in [0.29, 0.717) is 30.1 Å². The van der Waals surface area contributed by atoms with Crippen molar-refractivity contribution in [3.8, 4) is 5.69 Å². The van der Waals surface area contributed by atoms with Gasteiger partial charge in [-0.3, -0.25) is 4.79 Å². The number of halogens is 1. The number of carbonyl (C=O) groups excluding carboxylic acids is 1. The monoisotopic (exact) mass is 334 g/mol. The molecule has 2 rings (SSSR count). The number of amides is 1. The van der Waals surface area contributed by atoms with E-state index in [-0.39, 0.29) is 24.9 Å². The second-order valence-electron chi connectivity index (χ2n) is 5.58. The molecule has 0 unspecified atom stereocenters. The molecule has 24 heavy (non-hydrogen) atoms. The van der Waals surface area contributed by atoms with Gasteiger partial charge in [0.05, 0.1) is 24.5 Å². The van der Waals surface area contributed by atoms with Crippen LogP contribution < -0.4 is 0 Å². The van der Waals surface area contributed by atoms with E-state index in [2.05, 4.69) is 0 Å². The first-order valence-electron chi connectivity index (χ1n) is 7.84. The molecule has 0 radical (unpaired) electrons. The minimum Gasteiger partial charge on any atom is -0.395 e. The molecule has 0 spiro atoms. The van der Waals surface area contributed by atoms with Crippen molar-refractivity contribution in [1.29, 1.82) is 0 Å². The van der Waals surface area contributed by atoms with Crippen molar-refractivity contribution in [2.24, 2.45) is 0 Å². The molecule has 1 N–H and O–H groups in total. The number of para-hydroxylation sites is 1. The summed E-state index contributed by atoms with van der Waals surface area (Å²) in [5, 5.41) is 9.19. The Morgan fingerprint density at radius 2 is 2.00 bits per heavy atom. The third-order valence-corrected chi connectivity index (χ3v) is 3.98. The molecule has 5 nitrogen and oxygen atoms in total. The van der Waals surface area contributed by atoms with Crippen LogP contribution in [0.4, 0.5) is 4.39 Å². The van der Waals surface area contributed by atoms with Crippen LogP contribution in [0, 0.1) is 19.7 Å². The summed E-state index contributed by atoms with van der Waals surface area (Å²) in [6, 6.07) is 8.22. The number of aromatic nitrogens is 1. The zero-order chi connectivity index (χ0) is 17.7. The van der Waals surface area contributed by atoms with Crippen LogP contribution in [0.1, 0.15) is 21.7 Å². The van der Waals surface area contributed by atoms with Gasteiger partial charge >= 0.3 is 0 Å². The van der Waals surface area contributed by atoms with E-state index in [0.717, 1.165) is 5.69 Å². The fourth-order valence-electron chi connectivity index (χ4n) is 2.79. The molecule has 0 aliphatic rings. The number of benzene rings is 1. The molecule has 6 heteroatoms. The van der Waals surface area contributed by atoms with Crippen LogP contribution in [0.3, 0.4) is 0 Å². The van der Waals surface area contributed by atoms with Crippen molar-refractivity contribution in [2.75, 3.05) is 33.4 Å². The Kier molecular flexibility index (Phi) is 6.11. The molecular formula is C18H23FN2O3. The largest absolute Gasteiger partial charge is 0.395 e. The van der Waals surface area contributed by atoms with Gasteiger partial charge in [-0.2, -0.15) is 0 Å². The summed E-state index contributed by atoms with van der Waals surface area (Å²) in [6.45, 7) is 4.51. The molecule has 1 amide bonds. The van der Waals surface area contributed by atoms with Gasteiger partial charge in [-0.25, -0.2) is 4.39 Å². The molecule has 0 saturated heterocycles. The highest BCUT2D eigenvalue weighted by atomic mass is 19.1. The smallest absolute Gasteiger partial charge is 0.255 e. The number of ether oxygens (including phenoxy) is 1. The molecule has 0 bridgehead atoms. The second-order valence-corrected chi connectivity index (χ2v) is 5.58. The Bertz CT molecular complexity index is 712. The van der Waals surface area contributed by atoms with Crippen molar-refractivity contribution in [2.45, 2.75) is 13.8 Å². The number of methoxy groups -OCH3 is 1. The maximum Gasteiger partial charge on any atom is 0.255 e. The lowest BCUT2D eigenvalue weighted by Gasteiger charge is -2.21. The van der Waals surface area contributed by atoms with Gasteiger partial charge in [0.25, 0.3) is 5.91 Å². The summed E-state index contributed by atoms with van der Waals surface area (Å²) in [4.78, 5) is 14.3. The van der Waals surface area contributed by atoms with E-state index in [1.54, 1.807) is 42.9 Å². The van der Waals surface area contributed by atoms with Gasteiger partial charge in [-0.1, -0.05) is 12.1 Å². The Hall–Kier alpha value is -2.18. The molecule has 0 aliphatic heterocycles. The van der Waals surface area contributed by atoms with Gasteiger partial charge < -0.3 is 19.3 Å². The summed E-state index contributed by atoms with van der Waals surface area (Å²) in [5.41, 5.74) is 2.36. The van der Waals surface area contributed by atoms with Crippen molar-refractivity contribution in [3.05, 3.63) is 53.1 Å². The quantitative estimate of drug-likeness (QED) is 0.845. The molecule has 1 aromatic carbocycles. The molecule has 1 aromatic heterocycles.